The number of hydrogen-bond donors (Lipinski definition) is 1. The second kappa shape index (κ2) is 8.50. The first-order chi connectivity index (χ1) is 15.3. The summed E-state index contributed by atoms with van der Waals surface area (Å²) in [6, 6.07) is 12.4. The number of imidazole rings is 1. The van der Waals surface area contributed by atoms with Gasteiger partial charge in [-0.15, -0.1) is 0 Å². The molecule has 0 amide bonds. The molecular formula is C21H12F5N5O. The fourth-order valence-electron chi connectivity index (χ4n) is 3.09. The molecular weight excluding hydrogens is 433 g/mol. The van der Waals surface area contributed by atoms with Crippen LogP contribution < -0.4 is 10.1 Å². The third kappa shape index (κ3) is 4.29. The number of nitriles is 1. The predicted octanol–water partition coefficient (Wildman–Crippen LogP) is 5.69. The van der Waals surface area contributed by atoms with Crippen LogP contribution in [-0.4, -0.2) is 21.0 Å². The molecule has 0 aliphatic heterocycles. The number of aromatic nitrogens is 3. The molecule has 162 valence electrons. The summed E-state index contributed by atoms with van der Waals surface area (Å²) in [6.45, 7) is -2.97. The smallest absolute Gasteiger partial charge is 0.387 e. The fourth-order valence-corrected chi connectivity index (χ4v) is 3.09. The summed E-state index contributed by atoms with van der Waals surface area (Å²) in [6.07, 6.45) is -1.97. The van der Waals surface area contributed by atoms with Gasteiger partial charge in [0.1, 0.15) is 34.4 Å². The van der Waals surface area contributed by atoms with Gasteiger partial charge in [0.2, 0.25) is 0 Å². The Kier molecular flexibility index (Phi) is 5.59. The van der Waals surface area contributed by atoms with Crippen molar-refractivity contribution in [2.24, 2.45) is 0 Å². The van der Waals surface area contributed by atoms with Crippen LogP contribution in [0.2, 0.25) is 0 Å². The molecule has 1 N–H and O–H groups in total. The predicted molar refractivity (Wildman–Crippen MR) is 104 cm³/mol. The molecule has 3 heterocycles. The summed E-state index contributed by atoms with van der Waals surface area (Å²) in [5.74, 6) is -0.606. The monoisotopic (exact) mass is 445 g/mol. The van der Waals surface area contributed by atoms with E-state index in [4.69, 9.17) is 0 Å². The first-order valence-corrected chi connectivity index (χ1v) is 9.04. The maximum atomic E-state index is 13.8. The van der Waals surface area contributed by atoms with E-state index in [1.807, 2.05) is 6.07 Å². The number of nitrogens with zero attached hydrogens (tertiary/aromatic N) is 4. The van der Waals surface area contributed by atoms with Crippen molar-refractivity contribution in [3.05, 3.63) is 71.8 Å². The Bertz CT molecular complexity index is 1310. The molecule has 0 unspecified atom stereocenters. The Hall–Kier alpha value is -4.20. The van der Waals surface area contributed by atoms with Gasteiger partial charge in [-0.25, -0.2) is 23.1 Å². The van der Waals surface area contributed by atoms with Crippen molar-refractivity contribution in [3.63, 3.8) is 0 Å². The van der Waals surface area contributed by atoms with E-state index in [1.165, 1.54) is 42.5 Å². The van der Waals surface area contributed by atoms with Crippen LogP contribution in [0.1, 0.15) is 17.7 Å². The molecule has 0 aliphatic rings. The minimum Gasteiger partial charge on any atom is -0.435 e. The highest BCUT2D eigenvalue weighted by molar-refractivity contribution is 5.69. The quantitative estimate of drug-likeness (QED) is 0.386. The number of hydrogen-bond acceptors (Lipinski definition) is 5. The van der Waals surface area contributed by atoms with E-state index in [2.05, 4.69) is 20.0 Å². The minimum absolute atomic E-state index is 0.0300. The van der Waals surface area contributed by atoms with Crippen molar-refractivity contribution in [1.82, 2.24) is 14.4 Å². The van der Waals surface area contributed by atoms with E-state index >= 15 is 0 Å². The largest absolute Gasteiger partial charge is 0.435 e. The molecule has 4 aromatic rings. The molecule has 32 heavy (non-hydrogen) atoms. The van der Waals surface area contributed by atoms with Gasteiger partial charge in [0, 0.05) is 11.9 Å². The third-order valence-electron chi connectivity index (χ3n) is 4.37. The van der Waals surface area contributed by atoms with E-state index in [0.717, 1.165) is 16.7 Å². The highest BCUT2D eigenvalue weighted by atomic mass is 19.3. The topological polar surface area (TPSA) is 75.2 Å². The van der Waals surface area contributed by atoms with Gasteiger partial charge in [-0.1, -0.05) is 0 Å². The second-order valence-corrected chi connectivity index (χ2v) is 6.49. The molecule has 0 saturated carbocycles. The normalized spacial score (nSPS) is 11.2. The molecule has 1 aromatic carbocycles. The third-order valence-corrected chi connectivity index (χ3v) is 4.37. The number of pyridine rings is 2. The fraction of sp³-hybridized carbons (Fsp3) is 0.0952. The molecule has 0 bridgehead atoms. The van der Waals surface area contributed by atoms with Crippen molar-refractivity contribution in [1.29, 1.82) is 5.26 Å². The van der Waals surface area contributed by atoms with Gasteiger partial charge in [-0.3, -0.25) is 4.40 Å². The number of rotatable bonds is 6. The number of ether oxygens (including phenoxy) is 1. The van der Waals surface area contributed by atoms with Crippen LogP contribution in [0.15, 0.2) is 54.7 Å². The molecule has 4 rings (SSSR count). The number of halogens is 5. The molecule has 0 radical (unpaired) electrons. The first kappa shape index (κ1) is 21.0. The molecule has 0 spiro atoms. The zero-order valence-corrected chi connectivity index (χ0v) is 15.9. The molecule has 0 aliphatic carbocycles. The molecule has 0 saturated heterocycles. The minimum atomic E-state index is -2.97. The maximum Gasteiger partial charge on any atom is 0.387 e. The standard InChI is InChI=1S/C21H12F5N5O/c22-12-1-6-17-30-18(20(23)24)19(31(17)10-12)15-7-11(9-27)8-16(29-15)28-13-2-4-14(5-3-13)32-21(25)26/h1-8,10,20-21H,(H,28,29). The molecule has 11 heteroatoms. The van der Waals surface area contributed by atoms with E-state index < -0.39 is 24.5 Å². The molecule has 6 nitrogen and oxygen atoms in total. The van der Waals surface area contributed by atoms with Gasteiger partial charge >= 0.3 is 6.61 Å². The van der Waals surface area contributed by atoms with Crippen molar-refractivity contribution in [3.8, 4) is 23.2 Å². The maximum absolute atomic E-state index is 13.8. The average Bonchev–Trinajstić information content (AvgIpc) is 3.13. The van der Waals surface area contributed by atoms with Gasteiger partial charge in [-0.2, -0.15) is 14.0 Å². The van der Waals surface area contributed by atoms with Crippen molar-refractivity contribution >= 4 is 17.2 Å². The Labute approximate surface area is 177 Å². The average molecular weight is 445 g/mol. The molecule has 3 aromatic heterocycles. The lowest BCUT2D eigenvalue weighted by Crippen LogP contribution is -2.02. The number of fused-ring (bicyclic) bond motifs is 1. The lowest BCUT2D eigenvalue weighted by Gasteiger charge is -2.11. The summed E-state index contributed by atoms with van der Waals surface area (Å²) in [5.41, 5.74) is -0.198. The summed E-state index contributed by atoms with van der Waals surface area (Å²) in [7, 11) is 0. The van der Waals surface area contributed by atoms with Crippen LogP contribution in [0, 0.1) is 17.1 Å². The summed E-state index contributed by atoms with van der Waals surface area (Å²) in [5, 5.41) is 12.3. The van der Waals surface area contributed by atoms with Gasteiger partial charge in [0.05, 0.1) is 17.3 Å². The lowest BCUT2D eigenvalue weighted by molar-refractivity contribution is -0.0498. The van der Waals surface area contributed by atoms with Crippen molar-refractivity contribution < 1.29 is 26.7 Å². The molecule has 0 atom stereocenters. The van der Waals surface area contributed by atoms with Gasteiger partial charge in [0.25, 0.3) is 6.43 Å². The summed E-state index contributed by atoms with van der Waals surface area (Å²) in [4.78, 5) is 8.14. The Balaban J connectivity index is 1.77. The Morgan fingerprint density at radius 1 is 1.00 bits per heavy atom. The van der Waals surface area contributed by atoms with Crippen LogP contribution in [0.5, 0.6) is 5.75 Å². The summed E-state index contributed by atoms with van der Waals surface area (Å²) < 4.78 is 71.1. The number of alkyl halides is 4. The van der Waals surface area contributed by atoms with E-state index in [-0.39, 0.29) is 34.2 Å². The highest BCUT2D eigenvalue weighted by Crippen LogP contribution is 2.33. The van der Waals surface area contributed by atoms with Crippen LogP contribution >= 0.6 is 0 Å². The van der Waals surface area contributed by atoms with Crippen molar-refractivity contribution in [2.45, 2.75) is 13.0 Å². The lowest BCUT2D eigenvalue weighted by atomic mass is 10.1. The molecule has 0 fully saturated rings. The Morgan fingerprint density at radius 3 is 2.41 bits per heavy atom. The van der Waals surface area contributed by atoms with Crippen LogP contribution in [0.3, 0.4) is 0 Å². The first-order valence-electron chi connectivity index (χ1n) is 9.04. The summed E-state index contributed by atoms with van der Waals surface area (Å²) >= 11 is 0. The highest BCUT2D eigenvalue weighted by Gasteiger charge is 2.23. The van der Waals surface area contributed by atoms with Gasteiger partial charge in [0.15, 0.2) is 0 Å². The van der Waals surface area contributed by atoms with E-state index in [9.17, 15) is 27.2 Å². The number of benzene rings is 1. The van der Waals surface area contributed by atoms with Gasteiger partial charge in [-0.05, 0) is 48.5 Å². The SMILES string of the molecule is N#Cc1cc(Nc2ccc(OC(F)F)cc2)nc(-c2c(C(F)F)nc3ccc(F)cn23)c1. The zero-order chi connectivity index (χ0) is 22.8. The van der Waals surface area contributed by atoms with Crippen molar-refractivity contribution in [2.75, 3.05) is 5.32 Å². The second-order valence-electron chi connectivity index (χ2n) is 6.49. The van der Waals surface area contributed by atoms with Crippen LogP contribution in [0.25, 0.3) is 17.0 Å². The van der Waals surface area contributed by atoms with Crippen LogP contribution in [-0.2, 0) is 0 Å². The van der Waals surface area contributed by atoms with E-state index in [0.29, 0.717) is 5.69 Å². The van der Waals surface area contributed by atoms with Crippen LogP contribution in [0.4, 0.5) is 33.5 Å². The number of nitrogens with one attached hydrogen (secondary N) is 1. The van der Waals surface area contributed by atoms with Gasteiger partial charge < -0.3 is 10.1 Å². The Morgan fingerprint density at radius 2 is 1.75 bits per heavy atom. The number of anilines is 2. The van der Waals surface area contributed by atoms with E-state index in [1.54, 1.807) is 0 Å². The zero-order valence-electron chi connectivity index (χ0n) is 15.9.